The number of nitrogen functional groups attached to an aromatic ring is 1. The van der Waals surface area contributed by atoms with Gasteiger partial charge in [0, 0.05) is 6.04 Å². The molecule has 3 rings (SSSR count). The van der Waals surface area contributed by atoms with Crippen LogP contribution in [0.4, 0.5) is 5.82 Å². The Morgan fingerprint density at radius 2 is 1.93 bits per heavy atom. The normalized spacial score (nSPS) is 20.5. The average Bonchev–Trinajstić information content (AvgIpc) is 3.34. The first kappa shape index (κ1) is 22.6. The summed E-state index contributed by atoms with van der Waals surface area (Å²) in [5.41, 5.74) is 7.05. The Kier molecular flexibility index (Phi) is 7.41. The van der Waals surface area contributed by atoms with Crippen LogP contribution < -0.4 is 5.73 Å². The molecule has 0 amide bonds. The van der Waals surface area contributed by atoms with Gasteiger partial charge in [0.1, 0.15) is 11.8 Å². The van der Waals surface area contributed by atoms with E-state index in [0.29, 0.717) is 29.8 Å². The first-order valence-corrected chi connectivity index (χ1v) is 11.7. The number of anilines is 1. The van der Waals surface area contributed by atoms with Crippen LogP contribution in [-0.2, 0) is 27.9 Å². The number of hydrogen-bond acceptors (Lipinski definition) is 10. The van der Waals surface area contributed by atoms with Crippen LogP contribution in [0.25, 0.3) is 11.2 Å². The Morgan fingerprint density at radius 3 is 2.60 bits per heavy atom. The highest BCUT2D eigenvalue weighted by Crippen LogP contribution is 2.55. The molecule has 11 nitrogen and oxygen atoms in total. The van der Waals surface area contributed by atoms with E-state index in [0.717, 1.165) is 6.42 Å². The van der Waals surface area contributed by atoms with E-state index >= 15 is 0 Å². The molecule has 166 valence electrons. The molecule has 1 fully saturated rings. The summed E-state index contributed by atoms with van der Waals surface area (Å²) in [5, 5.41) is 0. The Balaban J connectivity index is 1.78. The standard InChI is InChI=1S/C18H28N5O6P/c1-4-26-17(24)18(30(25,27-5-2)28-6-3)29-13-8-7-12(9-13)23-11-22-14-15(19)20-10-21-16(14)23/h10-13,18H,4-9H2,1-3H3,(H2,19,20,21)/t12-,13+,18?/m1/s1. The number of ether oxygens (including phenoxy) is 2. The zero-order valence-corrected chi connectivity index (χ0v) is 18.3. The van der Waals surface area contributed by atoms with E-state index in [-0.39, 0.29) is 32.0 Å². The van der Waals surface area contributed by atoms with Crippen molar-refractivity contribution in [1.82, 2.24) is 19.5 Å². The van der Waals surface area contributed by atoms with E-state index in [4.69, 9.17) is 24.3 Å². The fourth-order valence-corrected chi connectivity index (χ4v) is 5.34. The minimum atomic E-state index is -3.85. The highest BCUT2D eigenvalue weighted by Gasteiger charge is 2.46. The molecular weight excluding hydrogens is 413 g/mol. The van der Waals surface area contributed by atoms with E-state index in [1.165, 1.54) is 6.33 Å². The zero-order valence-electron chi connectivity index (χ0n) is 17.4. The van der Waals surface area contributed by atoms with Crippen molar-refractivity contribution in [3.63, 3.8) is 0 Å². The predicted molar refractivity (Wildman–Crippen MR) is 109 cm³/mol. The maximum atomic E-state index is 13.2. The number of aromatic nitrogens is 4. The second kappa shape index (κ2) is 9.82. The smallest absolute Gasteiger partial charge is 0.370 e. The predicted octanol–water partition coefficient (Wildman–Crippen LogP) is 2.67. The monoisotopic (exact) mass is 441 g/mol. The molecule has 1 saturated carbocycles. The van der Waals surface area contributed by atoms with Gasteiger partial charge in [-0.05, 0) is 40.0 Å². The van der Waals surface area contributed by atoms with Gasteiger partial charge in [0.25, 0.3) is 5.85 Å². The third-order valence-corrected chi connectivity index (χ3v) is 7.00. The van der Waals surface area contributed by atoms with Crippen LogP contribution in [0.15, 0.2) is 12.7 Å². The summed E-state index contributed by atoms with van der Waals surface area (Å²) in [5.74, 6) is -1.86. The van der Waals surface area contributed by atoms with Gasteiger partial charge in [-0.3, -0.25) is 4.57 Å². The number of esters is 1. The molecule has 2 N–H and O–H groups in total. The van der Waals surface area contributed by atoms with Crippen molar-refractivity contribution in [1.29, 1.82) is 0 Å². The Bertz CT molecular complexity index is 912. The van der Waals surface area contributed by atoms with Gasteiger partial charge in [0.05, 0.1) is 32.3 Å². The van der Waals surface area contributed by atoms with Gasteiger partial charge >= 0.3 is 13.6 Å². The van der Waals surface area contributed by atoms with Crippen molar-refractivity contribution in [3.05, 3.63) is 12.7 Å². The molecule has 2 aromatic heterocycles. The lowest BCUT2D eigenvalue weighted by Crippen LogP contribution is -2.32. The lowest BCUT2D eigenvalue weighted by atomic mass is 10.2. The SMILES string of the molecule is CCOC(=O)C(O[C@H]1CC[C@@H](n2cnc3c(N)ncnc32)C1)P(=O)(OCC)OCC. The van der Waals surface area contributed by atoms with E-state index in [2.05, 4.69) is 15.0 Å². The van der Waals surface area contributed by atoms with Gasteiger partial charge < -0.3 is 28.8 Å². The first-order valence-electron chi connectivity index (χ1n) is 10.1. The maximum absolute atomic E-state index is 13.2. The van der Waals surface area contributed by atoms with Gasteiger partial charge in [0.15, 0.2) is 11.5 Å². The Hall–Kier alpha value is -2.07. The number of carbonyl (C=O) groups excluding carboxylic acids is 1. The van der Waals surface area contributed by atoms with Crippen LogP contribution in [0.5, 0.6) is 0 Å². The molecular formula is C18H28N5O6P. The first-order chi connectivity index (χ1) is 14.4. The third-order valence-electron chi connectivity index (χ3n) is 4.85. The summed E-state index contributed by atoms with van der Waals surface area (Å²) in [7, 11) is -3.85. The van der Waals surface area contributed by atoms with Gasteiger partial charge in [0.2, 0.25) is 0 Å². The lowest BCUT2D eigenvalue weighted by Gasteiger charge is -2.27. The molecule has 1 aliphatic rings. The van der Waals surface area contributed by atoms with Crippen LogP contribution in [0.2, 0.25) is 0 Å². The number of nitrogens with two attached hydrogens (primary N) is 1. The van der Waals surface area contributed by atoms with E-state index in [1.807, 2.05) is 4.57 Å². The molecule has 30 heavy (non-hydrogen) atoms. The van der Waals surface area contributed by atoms with Crippen molar-refractivity contribution in [2.24, 2.45) is 0 Å². The van der Waals surface area contributed by atoms with Crippen molar-refractivity contribution in [2.75, 3.05) is 25.6 Å². The summed E-state index contributed by atoms with van der Waals surface area (Å²) >= 11 is 0. The summed E-state index contributed by atoms with van der Waals surface area (Å²) < 4.78 is 36.9. The maximum Gasteiger partial charge on any atom is 0.370 e. The van der Waals surface area contributed by atoms with Crippen LogP contribution in [0, 0.1) is 0 Å². The molecule has 0 aliphatic heterocycles. The van der Waals surface area contributed by atoms with Crippen molar-refractivity contribution < 1.29 is 27.9 Å². The second-order valence-corrected chi connectivity index (χ2v) is 8.85. The number of hydrogen-bond donors (Lipinski definition) is 1. The summed E-state index contributed by atoms with van der Waals surface area (Å²) in [6, 6.07) is 0.0377. The fraction of sp³-hybridized carbons (Fsp3) is 0.667. The van der Waals surface area contributed by atoms with E-state index < -0.39 is 19.4 Å². The number of rotatable bonds is 10. The van der Waals surface area contributed by atoms with Crippen molar-refractivity contribution in [2.45, 2.75) is 58.0 Å². The number of imidazole rings is 1. The van der Waals surface area contributed by atoms with E-state index in [1.54, 1.807) is 27.1 Å². The molecule has 0 bridgehead atoms. The van der Waals surface area contributed by atoms with Gasteiger partial charge in [-0.1, -0.05) is 0 Å². The minimum Gasteiger partial charge on any atom is -0.464 e. The van der Waals surface area contributed by atoms with Crippen LogP contribution in [0.3, 0.4) is 0 Å². The summed E-state index contributed by atoms with van der Waals surface area (Å²) in [6.07, 6.45) is 4.73. The van der Waals surface area contributed by atoms with E-state index in [9.17, 15) is 9.36 Å². The summed E-state index contributed by atoms with van der Waals surface area (Å²) in [4.78, 5) is 25.1. The highest BCUT2D eigenvalue weighted by atomic mass is 31.2. The molecule has 0 radical (unpaired) electrons. The fourth-order valence-electron chi connectivity index (χ4n) is 3.62. The second-order valence-electron chi connectivity index (χ2n) is 6.79. The molecule has 2 aromatic rings. The number of fused-ring (bicyclic) bond motifs is 1. The van der Waals surface area contributed by atoms with Gasteiger partial charge in [-0.25, -0.2) is 19.7 Å². The molecule has 1 unspecified atom stereocenters. The average molecular weight is 441 g/mol. The summed E-state index contributed by atoms with van der Waals surface area (Å²) in [6.45, 7) is 5.39. The van der Waals surface area contributed by atoms with Crippen LogP contribution in [0.1, 0.15) is 46.1 Å². The lowest BCUT2D eigenvalue weighted by molar-refractivity contribution is -0.155. The van der Waals surface area contributed by atoms with Gasteiger partial charge in [-0.2, -0.15) is 0 Å². The van der Waals surface area contributed by atoms with Crippen molar-refractivity contribution in [3.8, 4) is 0 Å². The Morgan fingerprint density at radius 1 is 1.20 bits per heavy atom. The molecule has 0 aromatic carbocycles. The zero-order chi connectivity index (χ0) is 21.7. The van der Waals surface area contributed by atoms with Crippen molar-refractivity contribution >= 4 is 30.5 Å². The molecule has 2 heterocycles. The largest absolute Gasteiger partial charge is 0.464 e. The molecule has 0 saturated heterocycles. The topological polar surface area (TPSA) is 141 Å². The molecule has 0 spiro atoms. The van der Waals surface area contributed by atoms with Gasteiger partial charge in [-0.15, -0.1) is 0 Å². The number of carbonyl (C=O) groups is 1. The quantitative estimate of drug-likeness (QED) is 0.432. The van der Waals surface area contributed by atoms with Crippen LogP contribution in [-0.4, -0.2) is 57.3 Å². The molecule has 3 atom stereocenters. The third kappa shape index (κ3) is 4.64. The minimum absolute atomic E-state index is 0.0377. The molecule has 12 heteroatoms. The highest BCUT2D eigenvalue weighted by molar-refractivity contribution is 7.55. The Labute approximate surface area is 174 Å². The molecule has 1 aliphatic carbocycles. The number of nitrogens with zero attached hydrogens (tertiary/aromatic N) is 4. The van der Waals surface area contributed by atoms with Crippen LogP contribution >= 0.6 is 7.60 Å².